The smallest absolute Gasteiger partial charge is 0.255 e. The van der Waals surface area contributed by atoms with E-state index in [1.807, 2.05) is 56.3 Å². The lowest BCUT2D eigenvalue weighted by Crippen LogP contribution is -2.18. The topological polar surface area (TPSA) is 67.4 Å². The normalized spacial score (nSPS) is 10.4. The number of benzene rings is 3. The van der Waals surface area contributed by atoms with Gasteiger partial charge in [-0.05, 0) is 48.5 Å². The molecule has 0 aliphatic carbocycles. The van der Waals surface area contributed by atoms with Crippen molar-refractivity contribution >= 4 is 23.2 Å². The van der Waals surface area contributed by atoms with E-state index < -0.39 is 0 Å². The van der Waals surface area contributed by atoms with Crippen LogP contribution in [0.4, 0.5) is 11.4 Å². The highest BCUT2D eigenvalue weighted by Crippen LogP contribution is 2.24. The van der Waals surface area contributed by atoms with Gasteiger partial charge in [0.2, 0.25) is 5.91 Å². The molecule has 0 spiro atoms. The van der Waals surface area contributed by atoms with Gasteiger partial charge < -0.3 is 15.4 Å². The Kier molecular flexibility index (Phi) is 6.07. The molecular formula is C23H22N2O3. The van der Waals surface area contributed by atoms with Gasteiger partial charge >= 0.3 is 0 Å². The van der Waals surface area contributed by atoms with Crippen LogP contribution >= 0.6 is 0 Å². The van der Waals surface area contributed by atoms with Crippen LogP contribution in [0, 0.1) is 5.92 Å². The first-order chi connectivity index (χ1) is 13.5. The second-order valence-corrected chi connectivity index (χ2v) is 6.62. The van der Waals surface area contributed by atoms with Crippen LogP contribution in [0.25, 0.3) is 0 Å². The molecule has 5 nitrogen and oxygen atoms in total. The third kappa shape index (κ3) is 5.20. The molecule has 3 aromatic carbocycles. The van der Waals surface area contributed by atoms with Crippen LogP contribution in [0.1, 0.15) is 24.2 Å². The van der Waals surface area contributed by atoms with Crippen molar-refractivity contribution in [2.24, 2.45) is 5.92 Å². The molecule has 2 N–H and O–H groups in total. The lowest BCUT2D eigenvalue weighted by Gasteiger charge is -2.10. The summed E-state index contributed by atoms with van der Waals surface area (Å²) in [5.41, 5.74) is 1.79. The molecule has 0 saturated carbocycles. The van der Waals surface area contributed by atoms with Gasteiger partial charge in [-0.25, -0.2) is 0 Å². The molecule has 3 rings (SSSR count). The van der Waals surface area contributed by atoms with Gasteiger partial charge in [-0.3, -0.25) is 9.59 Å². The first-order valence-electron chi connectivity index (χ1n) is 9.06. The molecule has 28 heavy (non-hydrogen) atoms. The van der Waals surface area contributed by atoms with Crippen molar-refractivity contribution in [2.45, 2.75) is 13.8 Å². The van der Waals surface area contributed by atoms with Gasteiger partial charge in [0.05, 0.1) is 0 Å². The molecule has 0 aliphatic rings. The highest BCUT2D eigenvalue weighted by atomic mass is 16.5. The Hall–Kier alpha value is -3.60. The third-order valence-corrected chi connectivity index (χ3v) is 4.01. The minimum absolute atomic E-state index is 0.0626. The van der Waals surface area contributed by atoms with E-state index in [0.29, 0.717) is 22.7 Å². The van der Waals surface area contributed by atoms with Crippen LogP contribution in [0.5, 0.6) is 11.5 Å². The highest BCUT2D eigenvalue weighted by Gasteiger charge is 2.10. The van der Waals surface area contributed by atoms with Gasteiger partial charge in [-0.15, -0.1) is 0 Å². The Morgan fingerprint density at radius 1 is 0.750 bits per heavy atom. The second kappa shape index (κ2) is 8.86. The van der Waals surface area contributed by atoms with Gasteiger partial charge in [-0.1, -0.05) is 38.1 Å². The van der Waals surface area contributed by atoms with Crippen molar-refractivity contribution in [3.05, 3.63) is 84.4 Å². The molecule has 0 aromatic heterocycles. The first-order valence-corrected chi connectivity index (χ1v) is 9.06. The summed E-state index contributed by atoms with van der Waals surface area (Å²) in [6, 6.07) is 23.4. The average molecular weight is 374 g/mol. The van der Waals surface area contributed by atoms with E-state index >= 15 is 0 Å². The van der Waals surface area contributed by atoms with Crippen LogP contribution < -0.4 is 15.4 Å². The Balaban J connectivity index is 1.64. The van der Waals surface area contributed by atoms with Crippen molar-refractivity contribution in [1.29, 1.82) is 0 Å². The molecule has 0 unspecified atom stereocenters. The third-order valence-electron chi connectivity index (χ3n) is 4.01. The fraction of sp³-hybridized carbons (Fsp3) is 0.130. The zero-order chi connectivity index (χ0) is 19.9. The van der Waals surface area contributed by atoms with E-state index in [-0.39, 0.29) is 17.7 Å². The number of ether oxygens (including phenoxy) is 1. The summed E-state index contributed by atoms with van der Waals surface area (Å²) in [6.45, 7) is 3.65. The Bertz CT molecular complexity index is 951. The zero-order valence-electron chi connectivity index (χ0n) is 15.8. The molecule has 5 heteroatoms. The first kappa shape index (κ1) is 19.2. The summed E-state index contributed by atoms with van der Waals surface area (Å²) in [5, 5.41) is 5.66. The SMILES string of the molecule is CC(C)C(=O)Nc1ccc(C(=O)Nc2cccc(Oc3ccccc3)c2)cc1. The number of para-hydroxylation sites is 1. The van der Waals surface area contributed by atoms with Crippen LogP contribution in [0.3, 0.4) is 0 Å². The molecule has 0 saturated heterocycles. The van der Waals surface area contributed by atoms with Gasteiger partial charge in [0.1, 0.15) is 11.5 Å². The largest absolute Gasteiger partial charge is 0.457 e. The molecule has 3 aromatic rings. The Morgan fingerprint density at radius 3 is 2.11 bits per heavy atom. The van der Waals surface area contributed by atoms with Gasteiger partial charge in [-0.2, -0.15) is 0 Å². The average Bonchev–Trinajstić information content (AvgIpc) is 2.69. The lowest BCUT2D eigenvalue weighted by molar-refractivity contribution is -0.118. The number of nitrogens with one attached hydrogen (secondary N) is 2. The summed E-state index contributed by atoms with van der Waals surface area (Å²) in [4.78, 5) is 24.2. The number of anilines is 2. The van der Waals surface area contributed by atoms with Crippen LogP contribution in [0.2, 0.25) is 0 Å². The maximum absolute atomic E-state index is 12.5. The summed E-state index contributed by atoms with van der Waals surface area (Å²) in [6.07, 6.45) is 0. The van der Waals surface area contributed by atoms with Gasteiger partial charge in [0, 0.05) is 28.9 Å². The lowest BCUT2D eigenvalue weighted by atomic mass is 10.1. The summed E-state index contributed by atoms with van der Waals surface area (Å²) >= 11 is 0. The number of carbonyl (C=O) groups is 2. The van der Waals surface area contributed by atoms with E-state index in [9.17, 15) is 9.59 Å². The number of hydrogen-bond donors (Lipinski definition) is 2. The minimum atomic E-state index is -0.237. The van der Waals surface area contributed by atoms with Gasteiger partial charge in [0.15, 0.2) is 0 Å². The summed E-state index contributed by atoms with van der Waals surface area (Å²) < 4.78 is 5.79. The van der Waals surface area contributed by atoms with Crippen LogP contribution in [-0.4, -0.2) is 11.8 Å². The van der Waals surface area contributed by atoms with E-state index in [4.69, 9.17) is 4.74 Å². The highest BCUT2D eigenvalue weighted by molar-refractivity contribution is 6.04. The summed E-state index contributed by atoms with van der Waals surface area (Å²) in [7, 11) is 0. The molecule has 0 fully saturated rings. The molecule has 142 valence electrons. The number of rotatable bonds is 6. The Morgan fingerprint density at radius 2 is 1.43 bits per heavy atom. The van der Waals surface area contributed by atoms with E-state index in [1.54, 1.807) is 36.4 Å². The molecule has 0 bridgehead atoms. The molecule has 0 aliphatic heterocycles. The van der Waals surface area contributed by atoms with Crippen molar-refractivity contribution in [3.8, 4) is 11.5 Å². The van der Waals surface area contributed by atoms with Crippen LogP contribution in [0.15, 0.2) is 78.9 Å². The quantitative estimate of drug-likeness (QED) is 0.613. The minimum Gasteiger partial charge on any atom is -0.457 e. The summed E-state index contributed by atoms with van der Waals surface area (Å²) in [5.74, 6) is 0.958. The predicted octanol–water partition coefficient (Wildman–Crippen LogP) is 5.33. The molecule has 0 radical (unpaired) electrons. The number of amides is 2. The van der Waals surface area contributed by atoms with Crippen molar-refractivity contribution < 1.29 is 14.3 Å². The fourth-order valence-electron chi connectivity index (χ4n) is 2.46. The van der Waals surface area contributed by atoms with E-state index in [2.05, 4.69) is 10.6 Å². The van der Waals surface area contributed by atoms with Crippen molar-refractivity contribution in [3.63, 3.8) is 0 Å². The zero-order valence-corrected chi connectivity index (χ0v) is 15.8. The van der Waals surface area contributed by atoms with Gasteiger partial charge in [0.25, 0.3) is 5.91 Å². The van der Waals surface area contributed by atoms with Crippen LogP contribution in [-0.2, 0) is 4.79 Å². The maximum atomic E-state index is 12.5. The molecular weight excluding hydrogens is 352 g/mol. The number of hydrogen-bond acceptors (Lipinski definition) is 3. The maximum Gasteiger partial charge on any atom is 0.255 e. The fourth-order valence-corrected chi connectivity index (χ4v) is 2.46. The molecule has 0 atom stereocenters. The van der Waals surface area contributed by atoms with Crippen molar-refractivity contribution in [1.82, 2.24) is 0 Å². The second-order valence-electron chi connectivity index (χ2n) is 6.62. The number of carbonyl (C=O) groups excluding carboxylic acids is 2. The Labute approximate surface area is 164 Å². The standard InChI is InChI=1S/C23H22N2O3/c1-16(2)22(26)24-18-13-11-17(12-14-18)23(27)25-19-7-6-10-21(15-19)28-20-8-4-3-5-9-20/h3-16H,1-2H3,(H,24,26)(H,25,27). The van der Waals surface area contributed by atoms with Crippen molar-refractivity contribution in [2.75, 3.05) is 10.6 Å². The predicted molar refractivity (Wildman–Crippen MR) is 111 cm³/mol. The van der Waals surface area contributed by atoms with E-state index in [1.165, 1.54) is 0 Å². The molecule has 2 amide bonds. The van der Waals surface area contributed by atoms with E-state index in [0.717, 1.165) is 5.75 Å². The molecule has 0 heterocycles. The monoisotopic (exact) mass is 374 g/mol.